The second-order valence-corrected chi connectivity index (χ2v) is 9.24. The molecule has 2 aromatic rings. The number of hydrogen-bond donors (Lipinski definition) is 1. The Labute approximate surface area is 187 Å². The molecule has 1 N–H and O–H groups in total. The fourth-order valence-corrected chi connectivity index (χ4v) is 4.52. The Hall–Kier alpha value is -2.58. The zero-order valence-electron chi connectivity index (χ0n) is 18.0. The number of carbonyl (C=O) groups is 1. The number of piperidine rings is 1. The van der Waals surface area contributed by atoms with Gasteiger partial charge in [0.05, 0.1) is 17.3 Å². The lowest BCUT2D eigenvalue weighted by atomic mass is 9.96. The topological polar surface area (TPSA) is 84.7 Å². The average Bonchev–Trinajstić information content (AvgIpc) is 2.79. The van der Waals surface area contributed by atoms with E-state index in [9.17, 15) is 14.9 Å². The molecule has 166 valence electrons. The van der Waals surface area contributed by atoms with Crippen LogP contribution in [0.25, 0.3) is 0 Å². The number of ether oxygens (including phenoxy) is 1. The second kappa shape index (κ2) is 11.2. The molecule has 7 nitrogen and oxygen atoms in total. The second-order valence-electron chi connectivity index (χ2n) is 7.82. The van der Waals surface area contributed by atoms with Gasteiger partial charge in [-0.15, -0.1) is 11.8 Å². The van der Waals surface area contributed by atoms with Crippen LogP contribution in [0.2, 0.25) is 0 Å². The van der Waals surface area contributed by atoms with E-state index in [0.29, 0.717) is 12.5 Å². The Balaban J connectivity index is 1.37. The molecule has 1 heterocycles. The van der Waals surface area contributed by atoms with Gasteiger partial charge >= 0.3 is 0 Å². The molecular formula is C23H29N3O4S. The highest BCUT2D eigenvalue weighted by Gasteiger charge is 2.21. The highest BCUT2D eigenvalue weighted by Crippen LogP contribution is 2.26. The molecule has 0 saturated carbocycles. The standard InChI is InChI=1S/C23H29N3O4S/c1-17(31-22-9-5-20(6-10-22)26(28)29)23(27)24-15-18-11-13-25(14-12-18)16-19-3-7-21(30-2)8-4-19/h3-10,17-18H,11-16H2,1-2H3,(H,24,27). The Morgan fingerprint density at radius 1 is 1.19 bits per heavy atom. The Morgan fingerprint density at radius 3 is 2.42 bits per heavy atom. The van der Waals surface area contributed by atoms with E-state index in [1.54, 1.807) is 19.2 Å². The number of rotatable bonds is 9. The average molecular weight is 444 g/mol. The number of hydrogen-bond acceptors (Lipinski definition) is 6. The largest absolute Gasteiger partial charge is 0.497 e. The summed E-state index contributed by atoms with van der Waals surface area (Å²) < 4.78 is 5.21. The van der Waals surface area contributed by atoms with E-state index in [4.69, 9.17) is 4.74 Å². The number of likely N-dealkylation sites (tertiary alicyclic amines) is 1. The lowest BCUT2D eigenvalue weighted by Gasteiger charge is -2.32. The van der Waals surface area contributed by atoms with Crippen molar-refractivity contribution in [2.45, 2.75) is 36.5 Å². The van der Waals surface area contributed by atoms with Gasteiger partial charge in [0.15, 0.2) is 0 Å². The van der Waals surface area contributed by atoms with Crippen molar-refractivity contribution in [3.63, 3.8) is 0 Å². The van der Waals surface area contributed by atoms with Crippen LogP contribution in [0, 0.1) is 16.0 Å². The van der Waals surface area contributed by atoms with E-state index < -0.39 is 4.92 Å². The fourth-order valence-electron chi connectivity index (χ4n) is 3.63. The summed E-state index contributed by atoms with van der Waals surface area (Å²) in [5.74, 6) is 1.37. The number of non-ortho nitro benzene ring substituents is 1. The van der Waals surface area contributed by atoms with Gasteiger partial charge in [-0.25, -0.2) is 0 Å². The van der Waals surface area contributed by atoms with Crippen LogP contribution in [0.1, 0.15) is 25.3 Å². The Bertz CT molecular complexity index is 865. The summed E-state index contributed by atoms with van der Waals surface area (Å²) in [5.41, 5.74) is 1.34. The third-order valence-corrected chi connectivity index (χ3v) is 6.68. The third kappa shape index (κ3) is 6.97. The molecule has 1 atom stereocenters. The van der Waals surface area contributed by atoms with Gasteiger partial charge in [-0.3, -0.25) is 19.8 Å². The van der Waals surface area contributed by atoms with E-state index in [1.807, 2.05) is 19.1 Å². The molecule has 2 aromatic carbocycles. The summed E-state index contributed by atoms with van der Waals surface area (Å²) in [6.45, 7) is 5.55. The molecule has 0 aliphatic carbocycles. The highest BCUT2D eigenvalue weighted by atomic mass is 32.2. The maximum absolute atomic E-state index is 12.5. The monoisotopic (exact) mass is 443 g/mol. The predicted molar refractivity (Wildman–Crippen MR) is 122 cm³/mol. The van der Waals surface area contributed by atoms with Gasteiger partial charge in [-0.2, -0.15) is 0 Å². The van der Waals surface area contributed by atoms with Crippen LogP contribution >= 0.6 is 11.8 Å². The quantitative estimate of drug-likeness (QED) is 0.357. The van der Waals surface area contributed by atoms with Gasteiger partial charge in [0.2, 0.25) is 5.91 Å². The van der Waals surface area contributed by atoms with Crippen LogP contribution in [-0.2, 0) is 11.3 Å². The molecule has 1 saturated heterocycles. The fraction of sp³-hybridized carbons (Fsp3) is 0.435. The minimum atomic E-state index is -0.424. The zero-order valence-corrected chi connectivity index (χ0v) is 18.8. The summed E-state index contributed by atoms with van der Waals surface area (Å²) >= 11 is 1.41. The normalized spacial score (nSPS) is 15.9. The van der Waals surface area contributed by atoms with Crippen molar-refractivity contribution in [3.05, 3.63) is 64.2 Å². The predicted octanol–water partition coefficient (Wildman–Crippen LogP) is 4.11. The summed E-state index contributed by atoms with van der Waals surface area (Å²) in [6, 6.07) is 14.5. The van der Waals surface area contributed by atoms with Gasteiger partial charge in [0.25, 0.3) is 5.69 Å². The summed E-state index contributed by atoms with van der Waals surface area (Å²) in [5, 5.41) is 13.6. The van der Waals surface area contributed by atoms with Crippen LogP contribution in [0.5, 0.6) is 5.75 Å². The third-order valence-electron chi connectivity index (χ3n) is 5.57. The van der Waals surface area contributed by atoms with Crippen LogP contribution in [0.3, 0.4) is 0 Å². The van der Waals surface area contributed by atoms with Crippen molar-refractivity contribution in [1.82, 2.24) is 10.2 Å². The van der Waals surface area contributed by atoms with E-state index in [2.05, 4.69) is 22.3 Å². The molecule has 1 amide bonds. The van der Waals surface area contributed by atoms with Crippen molar-refractivity contribution < 1.29 is 14.5 Å². The maximum atomic E-state index is 12.5. The molecule has 0 radical (unpaired) electrons. The lowest BCUT2D eigenvalue weighted by molar-refractivity contribution is -0.384. The van der Waals surface area contributed by atoms with Gasteiger partial charge in [-0.05, 0) is 68.6 Å². The summed E-state index contributed by atoms with van der Waals surface area (Å²) in [7, 11) is 1.67. The van der Waals surface area contributed by atoms with E-state index in [-0.39, 0.29) is 16.8 Å². The number of nitro groups is 1. The molecule has 1 aliphatic heterocycles. The van der Waals surface area contributed by atoms with E-state index in [1.165, 1.54) is 29.5 Å². The molecule has 0 aromatic heterocycles. The molecule has 8 heteroatoms. The SMILES string of the molecule is COc1ccc(CN2CCC(CNC(=O)C(C)Sc3ccc([N+](=O)[O-])cc3)CC2)cc1. The van der Waals surface area contributed by atoms with Crippen molar-refractivity contribution in [2.24, 2.45) is 5.92 Å². The van der Waals surface area contributed by atoms with Crippen LogP contribution in [0.15, 0.2) is 53.4 Å². The highest BCUT2D eigenvalue weighted by molar-refractivity contribution is 8.00. The number of carbonyl (C=O) groups excluding carboxylic acids is 1. The lowest BCUT2D eigenvalue weighted by Crippen LogP contribution is -2.40. The van der Waals surface area contributed by atoms with Gasteiger partial charge in [-0.1, -0.05) is 12.1 Å². The van der Waals surface area contributed by atoms with Crippen LogP contribution < -0.4 is 10.1 Å². The number of thioether (sulfide) groups is 1. The molecular weight excluding hydrogens is 414 g/mol. The number of nitrogens with one attached hydrogen (secondary N) is 1. The molecule has 1 fully saturated rings. The minimum Gasteiger partial charge on any atom is -0.497 e. The number of nitro benzene ring substituents is 1. The zero-order chi connectivity index (χ0) is 22.2. The number of nitrogens with zero attached hydrogens (tertiary/aromatic N) is 2. The molecule has 0 spiro atoms. The maximum Gasteiger partial charge on any atom is 0.269 e. The van der Waals surface area contributed by atoms with Crippen LogP contribution in [-0.4, -0.2) is 47.7 Å². The van der Waals surface area contributed by atoms with Crippen LogP contribution in [0.4, 0.5) is 5.69 Å². The first-order valence-electron chi connectivity index (χ1n) is 10.5. The van der Waals surface area contributed by atoms with Gasteiger partial charge in [0.1, 0.15) is 5.75 Å². The van der Waals surface area contributed by atoms with E-state index in [0.717, 1.165) is 43.1 Å². The molecule has 31 heavy (non-hydrogen) atoms. The first kappa shape index (κ1) is 23.1. The first-order chi connectivity index (χ1) is 14.9. The van der Waals surface area contributed by atoms with Crippen molar-refractivity contribution >= 4 is 23.4 Å². The Morgan fingerprint density at radius 2 is 1.84 bits per heavy atom. The molecule has 1 aliphatic rings. The van der Waals surface area contributed by atoms with Crippen molar-refractivity contribution in [3.8, 4) is 5.75 Å². The smallest absolute Gasteiger partial charge is 0.269 e. The molecule has 1 unspecified atom stereocenters. The van der Waals surface area contributed by atoms with E-state index >= 15 is 0 Å². The van der Waals surface area contributed by atoms with Gasteiger partial charge < -0.3 is 10.1 Å². The van der Waals surface area contributed by atoms with Gasteiger partial charge in [0, 0.05) is 30.1 Å². The Kier molecular flexibility index (Phi) is 8.31. The molecule has 0 bridgehead atoms. The first-order valence-corrected chi connectivity index (χ1v) is 11.4. The number of benzene rings is 2. The number of amides is 1. The van der Waals surface area contributed by atoms with Crippen molar-refractivity contribution in [1.29, 1.82) is 0 Å². The summed E-state index contributed by atoms with van der Waals surface area (Å²) in [4.78, 5) is 26.1. The molecule has 3 rings (SSSR count). The summed E-state index contributed by atoms with van der Waals surface area (Å²) in [6.07, 6.45) is 2.14. The number of methoxy groups -OCH3 is 1. The minimum absolute atomic E-state index is 0.00372. The van der Waals surface area contributed by atoms with Crippen molar-refractivity contribution in [2.75, 3.05) is 26.7 Å².